The Morgan fingerprint density at radius 1 is 1.53 bits per heavy atom. The number of rotatable bonds is 3. The first-order valence-corrected chi connectivity index (χ1v) is 5.26. The Kier molecular flexibility index (Phi) is 4.23. The number of halogens is 2. The molecule has 0 saturated carbocycles. The van der Waals surface area contributed by atoms with Gasteiger partial charge < -0.3 is 4.74 Å². The zero-order valence-electron chi connectivity index (χ0n) is 7.79. The Bertz CT molecular complexity index is 388. The van der Waals surface area contributed by atoms with Crippen molar-refractivity contribution in [3.8, 4) is 0 Å². The fraction of sp³-hybridized carbons (Fsp3) is 0.222. The third-order valence-corrected chi connectivity index (χ3v) is 2.09. The quantitative estimate of drug-likeness (QED) is 0.371. The van der Waals surface area contributed by atoms with Gasteiger partial charge in [0, 0.05) is 5.56 Å². The Labute approximate surface area is 99.7 Å². The number of carbonyl (C=O) groups excluding carboxylic acids is 2. The monoisotopic (exact) mass is 291 g/mol. The van der Waals surface area contributed by atoms with Crippen LogP contribution >= 0.6 is 27.5 Å². The Morgan fingerprint density at radius 3 is 2.73 bits per heavy atom. The molecule has 0 unspecified atom stereocenters. The van der Waals surface area contributed by atoms with Gasteiger partial charge >= 0.3 is 5.97 Å². The first-order chi connectivity index (χ1) is 7.04. The predicted octanol–water partition coefficient (Wildman–Crippen LogP) is 2.24. The smallest absolute Gasteiger partial charge is 0.379 e. The van der Waals surface area contributed by atoms with E-state index < -0.39 is 11.8 Å². The third kappa shape index (κ3) is 3.28. The lowest BCUT2D eigenvalue weighted by Gasteiger charge is -2.01. The van der Waals surface area contributed by atoms with Crippen LogP contribution in [0.25, 0.3) is 0 Å². The second kappa shape index (κ2) is 5.23. The highest BCUT2D eigenvalue weighted by molar-refractivity contribution is 9.10. The zero-order valence-corrected chi connectivity index (χ0v) is 10.1. The highest BCUT2D eigenvalue weighted by Crippen LogP contribution is 2.15. The third-order valence-electron chi connectivity index (χ3n) is 1.49. The molecule has 1 aromatic rings. The van der Waals surface area contributed by atoms with E-state index in [1.54, 1.807) is 6.92 Å². The minimum Gasteiger partial charge on any atom is -0.460 e. The highest BCUT2D eigenvalue weighted by atomic mass is 79.9. The molecule has 0 aromatic carbocycles. The number of Topliss-reactive ketones (excluding diaryl/α,β-unsaturated/α-hetero) is 1. The van der Waals surface area contributed by atoms with Crippen LogP contribution in [0.3, 0.4) is 0 Å². The fourth-order valence-corrected chi connectivity index (χ4v) is 1.66. The van der Waals surface area contributed by atoms with Crippen LogP contribution in [0.1, 0.15) is 17.3 Å². The van der Waals surface area contributed by atoms with Crippen molar-refractivity contribution in [2.45, 2.75) is 6.92 Å². The van der Waals surface area contributed by atoms with Crippen LogP contribution in [-0.2, 0) is 9.53 Å². The van der Waals surface area contributed by atoms with Gasteiger partial charge in [-0.3, -0.25) is 4.79 Å². The molecule has 0 radical (unpaired) electrons. The van der Waals surface area contributed by atoms with Gasteiger partial charge in [0.2, 0.25) is 0 Å². The standard InChI is InChI=1S/C9H7BrClNO3/c1-2-15-9(14)8(13)5-3-6(10)12-7(11)4-5/h3-4H,2H2,1H3. The Morgan fingerprint density at radius 2 is 2.20 bits per heavy atom. The molecule has 4 nitrogen and oxygen atoms in total. The maximum atomic E-state index is 11.5. The van der Waals surface area contributed by atoms with Crippen LogP contribution in [0.4, 0.5) is 0 Å². The fourth-order valence-electron chi connectivity index (χ4n) is 0.910. The van der Waals surface area contributed by atoms with Crippen molar-refractivity contribution >= 4 is 39.3 Å². The summed E-state index contributed by atoms with van der Waals surface area (Å²) in [6.07, 6.45) is 0. The Balaban J connectivity index is 2.96. The van der Waals surface area contributed by atoms with Crippen molar-refractivity contribution in [2.24, 2.45) is 0 Å². The molecule has 1 rings (SSSR count). The topological polar surface area (TPSA) is 56.3 Å². The molecule has 0 spiro atoms. The molecule has 1 heterocycles. The average molecular weight is 293 g/mol. The van der Waals surface area contributed by atoms with Gasteiger partial charge in [0.1, 0.15) is 9.76 Å². The SMILES string of the molecule is CCOC(=O)C(=O)c1cc(Cl)nc(Br)c1. The molecular weight excluding hydrogens is 285 g/mol. The molecule has 15 heavy (non-hydrogen) atoms. The number of carbonyl (C=O) groups is 2. The minimum absolute atomic E-state index is 0.136. The van der Waals surface area contributed by atoms with E-state index in [0.717, 1.165) is 0 Å². The van der Waals surface area contributed by atoms with Crippen molar-refractivity contribution in [2.75, 3.05) is 6.61 Å². The molecule has 0 fully saturated rings. The second-order valence-corrected chi connectivity index (χ2v) is 3.75. The first kappa shape index (κ1) is 12.1. The van der Waals surface area contributed by atoms with E-state index >= 15 is 0 Å². The van der Waals surface area contributed by atoms with Crippen LogP contribution in [0.15, 0.2) is 16.7 Å². The van der Waals surface area contributed by atoms with E-state index in [-0.39, 0.29) is 17.3 Å². The van der Waals surface area contributed by atoms with E-state index in [0.29, 0.717) is 4.60 Å². The van der Waals surface area contributed by atoms with Gasteiger partial charge in [-0.05, 0) is 35.0 Å². The van der Waals surface area contributed by atoms with Crippen LogP contribution < -0.4 is 0 Å². The molecule has 0 aliphatic heterocycles. The molecule has 0 saturated heterocycles. The molecule has 6 heteroatoms. The predicted molar refractivity (Wildman–Crippen MR) is 57.9 cm³/mol. The molecule has 80 valence electrons. The number of ether oxygens (including phenoxy) is 1. The van der Waals surface area contributed by atoms with E-state index in [9.17, 15) is 9.59 Å². The summed E-state index contributed by atoms with van der Waals surface area (Å²) in [7, 11) is 0. The van der Waals surface area contributed by atoms with Crippen LogP contribution in [0, 0.1) is 0 Å². The summed E-state index contributed by atoms with van der Waals surface area (Å²) in [5.41, 5.74) is 0.153. The summed E-state index contributed by atoms with van der Waals surface area (Å²) < 4.78 is 4.96. The van der Waals surface area contributed by atoms with Crippen molar-refractivity contribution in [1.82, 2.24) is 4.98 Å². The minimum atomic E-state index is -0.897. The van der Waals surface area contributed by atoms with Crippen LogP contribution in [0.5, 0.6) is 0 Å². The maximum absolute atomic E-state index is 11.5. The summed E-state index contributed by atoms with van der Waals surface area (Å²) in [4.78, 5) is 26.4. The number of nitrogens with zero attached hydrogens (tertiary/aromatic N) is 1. The normalized spacial score (nSPS) is 9.80. The summed E-state index contributed by atoms with van der Waals surface area (Å²) >= 11 is 8.70. The number of ketones is 1. The number of hydrogen-bond acceptors (Lipinski definition) is 4. The van der Waals surface area contributed by atoms with Gasteiger partial charge in [-0.15, -0.1) is 0 Å². The first-order valence-electron chi connectivity index (χ1n) is 4.09. The number of hydrogen-bond donors (Lipinski definition) is 0. The molecule has 0 aliphatic carbocycles. The van der Waals surface area contributed by atoms with Gasteiger partial charge in [-0.25, -0.2) is 9.78 Å². The van der Waals surface area contributed by atoms with Gasteiger partial charge in [0.25, 0.3) is 5.78 Å². The van der Waals surface area contributed by atoms with Crippen molar-refractivity contribution in [3.63, 3.8) is 0 Å². The van der Waals surface area contributed by atoms with Gasteiger partial charge in [0.05, 0.1) is 6.61 Å². The number of pyridine rings is 1. The Hall–Kier alpha value is -0.940. The second-order valence-electron chi connectivity index (χ2n) is 2.55. The molecule has 0 atom stereocenters. The molecular formula is C9H7BrClNO3. The number of aromatic nitrogens is 1. The van der Waals surface area contributed by atoms with Crippen LogP contribution in [0.2, 0.25) is 5.15 Å². The summed E-state index contributed by atoms with van der Waals surface area (Å²) in [5, 5.41) is 0.136. The lowest BCUT2D eigenvalue weighted by atomic mass is 10.2. The zero-order chi connectivity index (χ0) is 11.4. The maximum Gasteiger partial charge on any atom is 0.379 e. The van der Waals surface area contributed by atoms with Crippen LogP contribution in [-0.4, -0.2) is 23.3 Å². The molecule has 0 aliphatic rings. The van der Waals surface area contributed by atoms with Gasteiger partial charge in [0.15, 0.2) is 0 Å². The van der Waals surface area contributed by atoms with E-state index in [1.165, 1.54) is 12.1 Å². The van der Waals surface area contributed by atoms with Gasteiger partial charge in [-0.1, -0.05) is 11.6 Å². The molecule has 1 aromatic heterocycles. The largest absolute Gasteiger partial charge is 0.460 e. The summed E-state index contributed by atoms with van der Waals surface area (Å²) in [6.45, 7) is 1.78. The van der Waals surface area contributed by atoms with E-state index in [4.69, 9.17) is 11.6 Å². The highest BCUT2D eigenvalue weighted by Gasteiger charge is 2.18. The van der Waals surface area contributed by atoms with E-state index in [2.05, 4.69) is 25.7 Å². The molecule has 0 N–H and O–H groups in total. The van der Waals surface area contributed by atoms with Crippen molar-refractivity contribution in [3.05, 3.63) is 27.5 Å². The lowest BCUT2D eigenvalue weighted by Crippen LogP contribution is -2.17. The van der Waals surface area contributed by atoms with Gasteiger partial charge in [-0.2, -0.15) is 0 Å². The average Bonchev–Trinajstić information content (AvgIpc) is 2.15. The summed E-state index contributed by atoms with van der Waals surface area (Å²) in [5.74, 6) is -1.63. The van der Waals surface area contributed by atoms with E-state index in [1.807, 2.05) is 0 Å². The van der Waals surface area contributed by atoms with Crippen molar-refractivity contribution in [1.29, 1.82) is 0 Å². The molecule has 0 amide bonds. The number of esters is 1. The summed E-state index contributed by atoms with van der Waals surface area (Å²) in [6, 6.07) is 2.72. The van der Waals surface area contributed by atoms with Crippen molar-refractivity contribution < 1.29 is 14.3 Å². The lowest BCUT2D eigenvalue weighted by molar-refractivity contribution is -0.137. The molecule has 0 bridgehead atoms.